The zero-order valence-corrected chi connectivity index (χ0v) is 17.4. The van der Waals surface area contributed by atoms with Crippen LogP contribution < -0.4 is 10.1 Å². The fourth-order valence-electron chi connectivity index (χ4n) is 3.18. The van der Waals surface area contributed by atoms with Crippen LogP contribution in [-0.2, 0) is 0 Å². The molecule has 31 heavy (non-hydrogen) atoms. The van der Waals surface area contributed by atoms with Gasteiger partial charge in [-0.15, -0.1) is 10.2 Å². The highest BCUT2D eigenvalue weighted by molar-refractivity contribution is 5.94. The van der Waals surface area contributed by atoms with Gasteiger partial charge in [0.2, 0.25) is 11.8 Å². The maximum Gasteiger partial charge on any atom is 0.251 e. The van der Waals surface area contributed by atoms with Gasteiger partial charge in [0.15, 0.2) is 0 Å². The summed E-state index contributed by atoms with van der Waals surface area (Å²) in [6.45, 7) is 4.52. The van der Waals surface area contributed by atoms with E-state index in [2.05, 4.69) is 15.5 Å². The van der Waals surface area contributed by atoms with E-state index in [-0.39, 0.29) is 11.9 Å². The van der Waals surface area contributed by atoms with Crippen LogP contribution in [0.4, 0.5) is 0 Å². The number of benzene rings is 3. The maximum atomic E-state index is 12.6. The lowest BCUT2D eigenvalue weighted by molar-refractivity contribution is 0.0940. The quantitative estimate of drug-likeness (QED) is 0.445. The van der Waals surface area contributed by atoms with Crippen LogP contribution in [0.3, 0.4) is 0 Å². The fraction of sp³-hybridized carbons (Fsp3) is 0.160. The molecule has 156 valence electrons. The summed E-state index contributed by atoms with van der Waals surface area (Å²) in [5, 5.41) is 11.2. The molecule has 6 heteroatoms. The highest BCUT2D eigenvalue weighted by Gasteiger charge is 2.14. The molecule has 1 aromatic heterocycles. The SMILES string of the molecule is CCOc1ccc(C(C)NC(=O)c2ccc(-c3nnc(-c4ccccc4)o3)cc2)cc1. The van der Waals surface area contributed by atoms with Crippen LogP contribution in [0.25, 0.3) is 22.9 Å². The smallest absolute Gasteiger partial charge is 0.251 e. The molecule has 0 saturated heterocycles. The first-order valence-corrected chi connectivity index (χ1v) is 10.2. The van der Waals surface area contributed by atoms with Gasteiger partial charge in [0.25, 0.3) is 5.91 Å². The van der Waals surface area contributed by atoms with Crippen molar-refractivity contribution in [2.75, 3.05) is 6.61 Å². The molecule has 0 aliphatic rings. The van der Waals surface area contributed by atoms with E-state index in [4.69, 9.17) is 9.15 Å². The average molecular weight is 413 g/mol. The third-order valence-corrected chi connectivity index (χ3v) is 4.88. The maximum absolute atomic E-state index is 12.6. The van der Waals surface area contributed by atoms with Crippen LogP contribution >= 0.6 is 0 Å². The van der Waals surface area contributed by atoms with Gasteiger partial charge in [-0.1, -0.05) is 30.3 Å². The molecule has 0 saturated carbocycles. The lowest BCUT2D eigenvalue weighted by atomic mass is 10.1. The lowest BCUT2D eigenvalue weighted by Crippen LogP contribution is -2.26. The molecular weight excluding hydrogens is 390 g/mol. The van der Waals surface area contributed by atoms with Crippen molar-refractivity contribution in [3.63, 3.8) is 0 Å². The molecule has 1 heterocycles. The first kappa shape index (κ1) is 20.3. The van der Waals surface area contributed by atoms with Crippen LogP contribution in [0.15, 0.2) is 83.3 Å². The number of hydrogen-bond acceptors (Lipinski definition) is 5. The Morgan fingerprint density at radius 3 is 2.13 bits per heavy atom. The summed E-state index contributed by atoms with van der Waals surface area (Å²) in [5.41, 5.74) is 3.18. The van der Waals surface area contributed by atoms with Crippen molar-refractivity contribution in [2.24, 2.45) is 0 Å². The molecule has 0 aliphatic heterocycles. The molecule has 0 radical (unpaired) electrons. The van der Waals surface area contributed by atoms with Gasteiger partial charge >= 0.3 is 0 Å². The summed E-state index contributed by atoms with van der Waals surface area (Å²) in [6, 6.07) is 24.3. The van der Waals surface area contributed by atoms with E-state index in [1.807, 2.05) is 68.4 Å². The molecule has 4 rings (SSSR count). The first-order valence-electron chi connectivity index (χ1n) is 10.2. The Labute approximate surface area is 180 Å². The number of aromatic nitrogens is 2. The molecule has 1 atom stereocenters. The Bertz CT molecular complexity index is 1140. The molecule has 0 fully saturated rings. The van der Waals surface area contributed by atoms with Gasteiger partial charge in [0, 0.05) is 16.7 Å². The van der Waals surface area contributed by atoms with Crippen LogP contribution in [-0.4, -0.2) is 22.7 Å². The van der Waals surface area contributed by atoms with Gasteiger partial charge in [-0.3, -0.25) is 4.79 Å². The predicted octanol–water partition coefficient (Wildman–Crippen LogP) is 5.29. The Morgan fingerprint density at radius 2 is 1.52 bits per heavy atom. The number of carbonyl (C=O) groups is 1. The fourth-order valence-corrected chi connectivity index (χ4v) is 3.18. The van der Waals surface area contributed by atoms with Gasteiger partial charge < -0.3 is 14.5 Å². The first-order chi connectivity index (χ1) is 15.1. The summed E-state index contributed by atoms with van der Waals surface area (Å²) in [4.78, 5) is 12.6. The number of rotatable bonds is 7. The molecule has 3 aromatic carbocycles. The molecule has 1 unspecified atom stereocenters. The summed E-state index contributed by atoms with van der Waals surface area (Å²) in [7, 11) is 0. The zero-order chi connectivity index (χ0) is 21.6. The number of nitrogens with zero attached hydrogens (tertiary/aromatic N) is 2. The van der Waals surface area contributed by atoms with E-state index < -0.39 is 0 Å². The highest BCUT2D eigenvalue weighted by Crippen LogP contribution is 2.24. The van der Waals surface area contributed by atoms with Gasteiger partial charge in [-0.2, -0.15) is 0 Å². The second-order valence-electron chi connectivity index (χ2n) is 7.05. The zero-order valence-electron chi connectivity index (χ0n) is 17.4. The van der Waals surface area contributed by atoms with E-state index in [0.29, 0.717) is 24.0 Å². The van der Waals surface area contributed by atoms with E-state index in [9.17, 15) is 4.79 Å². The minimum absolute atomic E-state index is 0.132. The van der Waals surface area contributed by atoms with Gasteiger partial charge in [0.1, 0.15) is 5.75 Å². The van der Waals surface area contributed by atoms with Crippen molar-refractivity contribution < 1.29 is 13.9 Å². The van der Waals surface area contributed by atoms with E-state index in [1.165, 1.54) is 0 Å². The summed E-state index contributed by atoms with van der Waals surface area (Å²) in [6.07, 6.45) is 0. The molecule has 0 spiro atoms. The Kier molecular flexibility index (Phi) is 6.08. The summed E-state index contributed by atoms with van der Waals surface area (Å²) < 4.78 is 11.2. The third-order valence-electron chi connectivity index (χ3n) is 4.88. The van der Waals surface area contributed by atoms with Gasteiger partial charge in [-0.05, 0) is 67.9 Å². The number of ether oxygens (including phenoxy) is 1. The summed E-state index contributed by atoms with van der Waals surface area (Å²) in [5.74, 6) is 1.54. The normalized spacial score (nSPS) is 11.7. The van der Waals surface area contributed by atoms with Crippen LogP contribution in [0.1, 0.15) is 35.8 Å². The number of nitrogens with one attached hydrogen (secondary N) is 1. The van der Waals surface area contributed by atoms with Crippen molar-refractivity contribution in [1.29, 1.82) is 0 Å². The summed E-state index contributed by atoms with van der Waals surface area (Å²) >= 11 is 0. The van der Waals surface area contributed by atoms with Gasteiger partial charge in [0.05, 0.1) is 12.6 Å². The van der Waals surface area contributed by atoms with Crippen LogP contribution in [0.5, 0.6) is 5.75 Å². The molecule has 1 amide bonds. The number of amides is 1. The third kappa shape index (κ3) is 4.80. The minimum atomic E-state index is -0.150. The molecule has 4 aromatic rings. The van der Waals surface area contributed by atoms with Crippen LogP contribution in [0.2, 0.25) is 0 Å². The molecule has 0 bridgehead atoms. The topological polar surface area (TPSA) is 77.2 Å². The monoisotopic (exact) mass is 413 g/mol. The van der Waals surface area contributed by atoms with Crippen molar-refractivity contribution in [2.45, 2.75) is 19.9 Å². The Hall–Kier alpha value is -3.93. The molecular formula is C25H23N3O3. The molecule has 6 nitrogen and oxygen atoms in total. The predicted molar refractivity (Wildman–Crippen MR) is 119 cm³/mol. The van der Waals surface area contributed by atoms with Crippen molar-refractivity contribution in [3.8, 4) is 28.7 Å². The largest absolute Gasteiger partial charge is 0.494 e. The van der Waals surface area contributed by atoms with Crippen molar-refractivity contribution in [3.05, 3.63) is 90.0 Å². The second kappa shape index (κ2) is 9.26. The minimum Gasteiger partial charge on any atom is -0.494 e. The Balaban J connectivity index is 1.42. The second-order valence-corrected chi connectivity index (χ2v) is 7.05. The van der Waals surface area contributed by atoms with E-state index in [1.54, 1.807) is 24.3 Å². The standard InChI is InChI=1S/C25H23N3O3/c1-3-30-22-15-13-18(14-16-22)17(2)26-23(29)19-9-11-21(12-10-19)25-28-27-24(31-25)20-7-5-4-6-8-20/h4-17H,3H2,1-2H3,(H,26,29). The average Bonchev–Trinajstić information content (AvgIpc) is 3.31. The molecule has 0 aliphatic carbocycles. The highest BCUT2D eigenvalue weighted by atomic mass is 16.5. The van der Waals surface area contributed by atoms with Crippen molar-refractivity contribution >= 4 is 5.91 Å². The van der Waals surface area contributed by atoms with E-state index in [0.717, 1.165) is 22.4 Å². The molecule has 1 N–H and O–H groups in total. The Morgan fingerprint density at radius 1 is 0.903 bits per heavy atom. The van der Waals surface area contributed by atoms with E-state index >= 15 is 0 Å². The van der Waals surface area contributed by atoms with Gasteiger partial charge in [-0.25, -0.2) is 0 Å². The number of hydrogen-bond donors (Lipinski definition) is 1. The number of carbonyl (C=O) groups excluding carboxylic acids is 1. The lowest BCUT2D eigenvalue weighted by Gasteiger charge is -2.15. The van der Waals surface area contributed by atoms with Crippen molar-refractivity contribution in [1.82, 2.24) is 15.5 Å². The van der Waals surface area contributed by atoms with Crippen LogP contribution in [0, 0.1) is 0 Å².